The molecule has 1 rings (SSSR count). The zero-order valence-corrected chi connectivity index (χ0v) is 8.77. The van der Waals surface area contributed by atoms with Gasteiger partial charge in [0.25, 0.3) is 0 Å². The van der Waals surface area contributed by atoms with E-state index in [0.29, 0.717) is 0 Å². The summed E-state index contributed by atoms with van der Waals surface area (Å²) in [6.07, 6.45) is 3.88. The second-order valence-corrected chi connectivity index (χ2v) is 5.78. The average molecular weight is 188 g/mol. The molecule has 0 aromatic rings. The molecule has 11 heavy (non-hydrogen) atoms. The molecule has 0 saturated carbocycles. The van der Waals surface area contributed by atoms with Gasteiger partial charge in [-0.05, 0) is 35.7 Å². The van der Waals surface area contributed by atoms with Gasteiger partial charge in [0.1, 0.15) is 0 Å². The highest BCUT2D eigenvalue weighted by Crippen LogP contribution is 2.27. The minimum atomic E-state index is 0.838. The molecule has 0 aromatic heterocycles. The Bertz CT molecular complexity index is 132. The lowest BCUT2D eigenvalue weighted by Gasteiger charge is -2.07. The third kappa shape index (κ3) is 4.12. The Labute approximate surface area is 78.2 Å². The van der Waals surface area contributed by atoms with Crippen LogP contribution in [0.5, 0.6) is 0 Å². The Kier molecular flexibility index (Phi) is 4.46. The number of hydrogen-bond donors (Lipinski definition) is 0. The highest BCUT2D eigenvalue weighted by atomic mass is 32.2. The van der Waals surface area contributed by atoms with Gasteiger partial charge in [-0.25, -0.2) is 0 Å². The molecule has 0 aromatic carbocycles. The predicted octanol–water partition coefficient (Wildman–Crippen LogP) is 3.54. The minimum Gasteiger partial charge on any atom is -0.159 e. The molecule has 0 aliphatic carbocycles. The van der Waals surface area contributed by atoms with Gasteiger partial charge in [0, 0.05) is 5.25 Å². The molecular weight excluding hydrogens is 172 g/mol. The van der Waals surface area contributed by atoms with Crippen LogP contribution in [0.4, 0.5) is 0 Å². The molecule has 64 valence electrons. The summed E-state index contributed by atoms with van der Waals surface area (Å²) < 4.78 is 0. The molecular formula is C9H16S2. The van der Waals surface area contributed by atoms with E-state index in [-0.39, 0.29) is 0 Å². The summed E-state index contributed by atoms with van der Waals surface area (Å²) in [5.41, 5.74) is 0. The molecule has 0 N–H and O–H groups in total. The van der Waals surface area contributed by atoms with Crippen molar-refractivity contribution in [2.45, 2.75) is 31.4 Å². The number of allylic oxidation sites excluding steroid dienone is 1. The van der Waals surface area contributed by atoms with Gasteiger partial charge in [0.15, 0.2) is 0 Å². The van der Waals surface area contributed by atoms with Crippen LogP contribution in [0.3, 0.4) is 0 Å². The maximum Gasteiger partial charge on any atom is 0.00220 e. The second-order valence-electron chi connectivity index (χ2n) is 2.96. The van der Waals surface area contributed by atoms with Crippen LogP contribution in [-0.2, 0) is 0 Å². The predicted molar refractivity (Wildman–Crippen MR) is 57.4 cm³/mol. The molecule has 0 amide bonds. The first-order valence-electron chi connectivity index (χ1n) is 4.21. The topological polar surface area (TPSA) is 0 Å². The van der Waals surface area contributed by atoms with Gasteiger partial charge in [-0.2, -0.15) is 11.8 Å². The first-order valence-corrected chi connectivity index (χ1v) is 6.24. The molecule has 2 heteroatoms. The van der Waals surface area contributed by atoms with E-state index in [2.05, 4.69) is 25.3 Å². The molecule has 1 atom stereocenters. The summed E-state index contributed by atoms with van der Waals surface area (Å²) in [5.74, 6) is 2.61. The van der Waals surface area contributed by atoms with Crippen molar-refractivity contribution in [3.63, 3.8) is 0 Å². The summed E-state index contributed by atoms with van der Waals surface area (Å²) in [6, 6.07) is 0. The van der Waals surface area contributed by atoms with Gasteiger partial charge in [-0.1, -0.05) is 13.5 Å². The van der Waals surface area contributed by atoms with E-state index in [9.17, 15) is 0 Å². The molecule has 1 unspecified atom stereocenters. The molecule has 0 nitrogen and oxygen atoms in total. The molecule has 0 bridgehead atoms. The molecule has 1 aliphatic rings. The van der Waals surface area contributed by atoms with Crippen LogP contribution < -0.4 is 0 Å². The summed E-state index contributed by atoms with van der Waals surface area (Å²) in [5, 5.41) is 0.838. The van der Waals surface area contributed by atoms with Crippen LogP contribution in [0.15, 0.2) is 11.5 Å². The Morgan fingerprint density at radius 1 is 1.45 bits per heavy atom. The normalized spacial score (nSPS) is 28.8. The van der Waals surface area contributed by atoms with Crippen LogP contribution in [0.2, 0.25) is 0 Å². The highest BCUT2D eigenvalue weighted by Gasteiger charge is 2.06. The number of hydrogen-bond acceptors (Lipinski definition) is 2. The van der Waals surface area contributed by atoms with E-state index in [0.717, 1.165) is 5.25 Å². The molecule has 0 radical (unpaired) electrons. The Morgan fingerprint density at radius 3 is 3.09 bits per heavy atom. The van der Waals surface area contributed by atoms with Gasteiger partial charge < -0.3 is 0 Å². The Morgan fingerprint density at radius 2 is 2.27 bits per heavy atom. The summed E-state index contributed by atoms with van der Waals surface area (Å²) in [6.45, 7) is 6.37. The maximum absolute atomic E-state index is 4.05. The first-order chi connectivity index (χ1) is 5.29. The minimum absolute atomic E-state index is 0.838. The zero-order valence-electron chi connectivity index (χ0n) is 7.14. The van der Waals surface area contributed by atoms with Crippen molar-refractivity contribution in [1.29, 1.82) is 0 Å². The smallest absolute Gasteiger partial charge is 0.00220 e. The molecule has 1 aliphatic heterocycles. The van der Waals surface area contributed by atoms with Crippen molar-refractivity contribution in [1.82, 2.24) is 0 Å². The third-order valence-corrected chi connectivity index (χ3v) is 4.26. The lowest BCUT2D eigenvalue weighted by molar-refractivity contribution is 0.828. The van der Waals surface area contributed by atoms with E-state index in [1.54, 1.807) is 0 Å². The fourth-order valence-electron chi connectivity index (χ4n) is 1.08. The lowest BCUT2D eigenvalue weighted by Crippen LogP contribution is -1.96. The SMILES string of the molecule is C=C1CCC(C)SCCCS1. The average Bonchev–Trinajstić information content (AvgIpc) is 2.06. The highest BCUT2D eigenvalue weighted by molar-refractivity contribution is 8.03. The summed E-state index contributed by atoms with van der Waals surface area (Å²) in [7, 11) is 0. The maximum atomic E-state index is 4.05. The summed E-state index contributed by atoms with van der Waals surface area (Å²) in [4.78, 5) is 1.39. The van der Waals surface area contributed by atoms with Crippen LogP contribution in [-0.4, -0.2) is 16.8 Å². The van der Waals surface area contributed by atoms with Crippen LogP contribution in [0.25, 0.3) is 0 Å². The number of rotatable bonds is 0. The number of thioether (sulfide) groups is 2. The molecule has 1 fully saturated rings. The first kappa shape index (κ1) is 9.53. The molecule has 1 heterocycles. The largest absolute Gasteiger partial charge is 0.159 e. The van der Waals surface area contributed by atoms with Gasteiger partial charge >= 0.3 is 0 Å². The van der Waals surface area contributed by atoms with Gasteiger partial charge in [0.05, 0.1) is 0 Å². The van der Waals surface area contributed by atoms with Crippen LogP contribution in [0, 0.1) is 0 Å². The fraction of sp³-hybridized carbons (Fsp3) is 0.778. The van der Waals surface area contributed by atoms with E-state index in [4.69, 9.17) is 0 Å². The second kappa shape index (κ2) is 5.15. The van der Waals surface area contributed by atoms with Gasteiger partial charge in [-0.3, -0.25) is 0 Å². The van der Waals surface area contributed by atoms with E-state index < -0.39 is 0 Å². The fourth-order valence-corrected chi connectivity index (χ4v) is 3.10. The zero-order chi connectivity index (χ0) is 8.10. The van der Waals surface area contributed by atoms with Gasteiger partial charge in [0.2, 0.25) is 0 Å². The Hall–Kier alpha value is 0.440. The van der Waals surface area contributed by atoms with Crippen molar-refractivity contribution in [3.05, 3.63) is 11.5 Å². The summed E-state index contributed by atoms with van der Waals surface area (Å²) >= 11 is 4.07. The van der Waals surface area contributed by atoms with Gasteiger partial charge in [-0.15, -0.1) is 11.8 Å². The third-order valence-electron chi connectivity index (χ3n) is 1.83. The Balaban J connectivity index is 2.31. The van der Waals surface area contributed by atoms with Crippen LogP contribution in [0.1, 0.15) is 26.2 Å². The van der Waals surface area contributed by atoms with Crippen molar-refractivity contribution < 1.29 is 0 Å². The van der Waals surface area contributed by atoms with Crippen molar-refractivity contribution in [2.75, 3.05) is 11.5 Å². The van der Waals surface area contributed by atoms with E-state index in [1.807, 2.05) is 11.8 Å². The standard InChI is InChI=1S/C9H16S2/c1-8-4-5-9(2)11-7-3-6-10-8/h9H,1,3-7H2,2H3. The van der Waals surface area contributed by atoms with Crippen molar-refractivity contribution in [3.8, 4) is 0 Å². The van der Waals surface area contributed by atoms with Crippen molar-refractivity contribution in [2.24, 2.45) is 0 Å². The quantitative estimate of drug-likeness (QED) is 0.570. The molecule has 0 spiro atoms. The van der Waals surface area contributed by atoms with Crippen LogP contribution >= 0.6 is 23.5 Å². The lowest BCUT2D eigenvalue weighted by atomic mass is 10.2. The van der Waals surface area contributed by atoms with E-state index >= 15 is 0 Å². The monoisotopic (exact) mass is 188 g/mol. The molecule has 1 saturated heterocycles. The van der Waals surface area contributed by atoms with Crippen molar-refractivity contribution >= 4 is 23.5 Å². The van der Waals surface area contributed by atoms with E-state index in [1.165, 1.54) is 35.7 Å².